The van der Waals surface area contributed by atoms with E-state index in [0.717, 1.165) is 11.6 Å². The van der Waals surface area contributed by atoms with E-state index in [4.69, 9.17) is 9.47 Å². The number of methoxy groups -OCH3 is 1. The summed E-state index contributed by atoms with van der Waals surface area (Å²) in [6.07, 6.45) is 0. The molecule has 0 spiro atoms. The Kier molecular flexibility index (Phi) is 7.08. The van der Waals surface area contributed by atoms with Gasteiger partial charge < -0.3 is 14.4 Å². The number of carbonyl (C=O) groups is 2. The zero-order chi connectivity index (χ0) is 20.7. The van der Waals surface area contributed by atoms with Gasteiger partial charge in [-0.05, 0) is 25.5 Å². The molecule has 0 fully saturated rings. The lowest BCUT2D eigenvalue weighted by Crippen LogP contribution is -2.39. The maximum absolute atomic E-state index is 12.6. The monoisotopic (exact) mass is 386 g/mol. The summed E-state index contributed by atoms with van der Waals surface area (Å²) in [6, 6.07) is 13.0. The van der Waals surface area contributed by atoms with Crippen molar-refractivity contribution in [3.05, 3.63) is 69.8 Å². The average Bonchev–Trinajstić information content (AvgIpc) is 2.69. The topological polar surface area (TPSA) is 99.0 Å². The first kappa shape index (κ1) is 20.9. The fraction of sp³-hybridized carbons (Fsp3) is 0.300. The zero-order valence-corrected chi connectivity index (χ0v) is 16.0. The summed E-state index contributed by atoms with van der Waals surface area (Å²) in [5.74, 6) is -1.10. The van der Waals surface area contributed by atoms with Crippen LogP contribution in [0.1, 0.15) is 29.8 Å². The van der Waals surface area contributed by atoms with E-state index in [-0.39, 0.29) is 28.9 Å². The van der Waals surface area contributed by atoms with E-state index in [1.54, 1.807) is 4.90 Å². The molecule has 2 aromatic carbocycles. The minimum absolute atomic E-state index is 0.0984. The van der Waals surface area contributed by atoms with Crippen LogP contribution in [-0.2, 0) is 16.1 Å². The second kappa shape index (κ2) is 9.50. The van der Waals surface area contributed by atoms with Crippen LogP contribution in [0.4, 0.5) is 5.69 Å². The molecule has 0 saturated carbocycles. The highest BCUT2D eigenvalue weighted by Crippen LogP contribution is 2.24. The van der Waals surface area contributed by atoms with Crippen LogP contribution in [0.25, 0.3) is 0 Å². The molecule has 0 atom stereocenters. The van der Waals surface area contributed by atoms with Gasteiger partial charge in [-0.3, -0.25) is 14.9 Å². The Balaban J connectivity index is 2.09. The molecule has 8 nitrogen and oxygen atoms in total. The third-order valence-electron chi connectivity index (χ3n) is 4.08. The van der Waals surface area contributed by atoms with E-state index < -0.39 is 17.5 Å². The summed E-state index contributed by atoms with van der Waals surface area (Å²) >= 11 is 0. The van der Waals surface area contributed by atoms with Gasteiger partial charge in [0.25, 0.3) is 11.6 Å². The Morgan fingerprint density at radius 1 is 1.14 bits per heavy atom. The molecule has 2 rings (SSSR count). The first-order chi connectivity index (χ1) is 13.3. The predicted octanol–water partition coefficient (Wildman–Crippen LogP) is 3.20. The van der Waals surface area contributed by atoms with Crippen LogP contribution in [0.5, 0.6) is 5.75 Å². The van der Waals surface area contributed by atoms with Crippen LogP contribution in [-0.4, -0.2) is 41.5 Å². The number of nitro groups is 1. The van der Waals surface area contributed by atoms with Crippen molar-refractivity contribution < 1.29 is 24.0 Å². The molecule has 0 aliphatic heterocycles. The van der Waals surface area contributed by atoms with Gasteiger partial charge in [0.05, 0.1) is 12.0 Å². The number of carbonyl (C=O) groups excluding carboxylic acids is 2. The van der Waals surface area contributed by atoms with E-state index in [2.05, 4.69) is 0 Å². The predicted molar refractivity (Wildman–Crippen MR) is 102 cm³/mol. The molecule has 0 aromatic heterocycles. The third-order valence-corrected chi connectivity index (χ3v) is 4.08. The van der Waals surface area contributed by atoms with Crippen LogP contribution in [0, 0.1) is 10.1 Å². The number of esters is 1. The fourth-order valence-corrected chi connectivity index (χ4v) is 2.60. The Hall–Kier alpha value is -3.42. The van der Waals surface area contributed by atoms with Crippen molar-refractivity contribution in [3.63, 3.8) is 0 Å². The van der Waals surface area contributed by atoms with E-state index in [1.165, 1.54) is 19.2 Å². The number of nitro benzene ring substituents is 1. The molecular formula is C20H22N2O6. The summed E-state index contributed by atoms with van der Waals surface area (Å²) in [5, 5.41) is 10.9. The van der Waals surface area contributed by atoms with Crippen LogP contribution in [0.2, 0.25) is 0 Å². The molecule has 0 aliphatic rings. The smallest absolute Gasteiger partial charge is 0.342 e. The Morgan fingerprint density at radius 3 is 2.39 bits per heavy atom. The highest BCUT2D eigenvalue weighted by Gasteiger charge is 2.22. The van der Waals surface area contributed by atoms with Crippen molar-refractivity contribution in [2.45, 2.75) is 26.4 Å². The molecule has 0 aliphatic carbocycles. The standard InChI is InChI=1S/C20H22N2O6/c1-14(2)21(12-15-7-5-4-6-8-15)19(23)13-28-20(24)17-11-16(22(25)26)9-10-18(17)27-3/h4-11,14H,12-13H2,1-3H3. The summed E-state index contributed by atoms with van der Waals surface area (Å²) in [4.78, 5) is 36.8. The number of hydrogen-bond donors (Lipinski definition) is 0. The SMILES string of the molecule is COc1ccc([N+](=O)[O-])cc1C(=O)OCC(=O)N(Cc1ccccc1)C(C)C. The molecule has 8 heteroatoms. The minimum atomic E-state index is -0.864. The quantitative estimate of drug-likeness (QED) is 0.392. The maximum atomic E-state index is 12.6. The second-order valence-electron chi connectivity index (χ2n) is 6.32. The van der Waals surface area contributed by atoms with Gasteiger partial charge in [-0.15, -0.1) is 0 Å². The number of rotatable bonds is 8. The van der Waals surface area contributed by atoms with E-state index >= 15 is 0 Å². The molecule has 148 valence electrons. The van der Waals surface area contributed by atoms with Crippen molar-refractivity contribution >= 4 is 17.6 Å². The van der Waals surface area contributed by atoms with Gasteiger partial charge in [-0.2, -0.15) is 0 Å². The van der Waals surface area contributed by atoms with Crippen molar-refractivity contribution in [2.24, 2.45) is 0 Å². The highest BCUT2D eigenvalue weighted by atomic mass is 16.6. The molecular weight excluding hydrogens is 364 g/mol. The third kappa shape index (κ3) is 5.29. The molecule has 0 radical (unpaired) electrons. The molecule has 2 aromatic rings. The molecule has 0 N–H and O–H groups in total. The summed E-state index contributed by atoms with van der Waals surface area (Å²) < 4.78 is 10.2. The van der Waals surface area contributed by atoms with Gasteiger partial charge in [0.1, 0.15) is 11.3 Å². The lowest BCUT2D eigenvalue weighted by atomic mass is 10.1. The van der Waals surface area contributed by atoms with E-state index in [0.29, 0.717) is 6.54 Å². The maximum Gasteiger partial charge on any atom is 0.342 e. The van der Waals surface area contributed by atoms with Crippen molar-refractivity contribution in [2.75, 3.05) is 13.7 Å². The van der Waals surface area contributed by atoms with Gasteiger partial charge in [-0.25, -0.2) is 4.79 Å². The Morgan fingerprint density at radius 2 is 1.82 bits per heavy atom. The molecule has 28 heavy (non-hydrogen) atoms. The Bertz CT molecular complexity index is 851. The first-order valence-corrected chi connectivity index (χ1v) is 8.66. The zero-order valence-electron chi connectivity index (χ0n) is 16.0. The molecule has 0 unspecified atom stereocenters. The molecule has 0 bridgehead atoms. The van der Waals surface area contributed by atoms with Crippen molar-refractivity contribution in [1.82, 2.24) is 4.90 Å². The highest BCUT2D eigenvalue weighted by molar-refractivity contribution is 5.94. The summed E-state index contributed by atoms with van der Waals surface area (Å²) in [5.41, 5.74) is 0.576. The van der Waals surface area contributed by atoms with Crippen LogP contribution in [0.3, 0.4) is 0 Å². The largest absolute Gasteiger partial charge is 0.496 e. The second-order valence-corrected chi connectivity index (χ2v) is 6.32. The number of ether oxygens (including phenoxy) is 2. The Labute approximate surface area is 162 Å². The number of benzene rings is 2. The molecule has 0 saturated heterocycles. The molecule has 1 amide bonds. The van der Waals surface area contributed by atoms with E-state index in [1.807, 2.05) is 44.2 Å². The molecule has 0 heterocycles. The van der Waals surface area contributed by atoms with Crippen molar-refractivity contribution in [3.8, 4) is 5.75 Å². The fourth-order valence-electron chi connectivity index (χ4n) is 2.60. The van der Waals surface area contributed by atoms with Crippen LogP contribution >= 0.6 is 0 Å². The van der Waals surface area contributed by atoms with Crippen molar-refractivity contribution in [1.29, 1.82) is 0 Å². The van der Waals surface area contributed by atoms with Crippen LogP contribution in [0.15, 0.2) is 48.5 Å². The summed E-state index contributed by atoms with van der Waals surface area (Å²) in [7, 11) is 1.34. The number of nitrogens with zero attached hydrogens (tertiary/aromatic N) is 2. The average molecular weight is 386 g/mol. The number of amides is 1. The van der Waals surface area contributed by atoms with E-state index in [9.17, 15) is 19.7 Å². The van der Waals surface area contributed by atoms with Gasteiger partial charge in [0, 0.05) is 24.7 Å². The number of non-ortho nitro benzene ring substituents is 1. The normalized spacial score (nSPS) is 10.4. The summed E-state index contributed by atoms with van der Waals surface area (Å²) in [6.45, 7) is 3.64. The first-order valence-electron chi connectivity index (χ1n) is 8.66. The lowest BCUT2D eigenvalue weighted by Gasteiger charge is -2.26. The minimum Gasteiger partial charge on any atom is -0.496 e. The van der Waals surface area contributed by atoms with Gasteiger partial charge in [0.2, 0.25) is 0 Å². The van der Waals surface area contributed by atoms with Crippen LogP contribution < -0.4 is 4.74 Å². The number of hydrogen-bond acceptors (Lipinski definition) is 6. The van der Waals surface area contributed by atoms with Gasteiger partial charge in [0.15, 0.2) is 6.61 Å². The lowest BCUT2D eigenvalue weighted by molar-refractivity contribution is -0.384. The van der Waals surface area contributed by atoms with Gasteiger partial charge in [-0.1, -0.05) is 30.3 Å². The van der Waals surface area contributed by atoms with Gasteiger partial charge >= 0.3 is 5.97 Å².